The molecule has 1 aliphatic rings. The van der Waals surface area contributed by atoms with Gasteiger partial charge in [-0.2, -0.15) is 0 Å². The summed E-state index contributed by atoms with van der Waals surface area (Å²) in [5.41, 5.74) is 2.22. The van der Waals surface area contributed by atoms with Crippen molar-refractivity contribution in [1.82, 2.24) is 4.72 Å². The number of allylic oxidation sites excluding steroid dienone is 1. The lowest BCUT2D eigenvalue weighted by Gasteiger charge is -2.13. The molecule has 0 heterocycles. The first-order valence-corrected chi connectivity index (χ1v) is 8.50. The molecule has 0 aromatic heterocycles. The van der Waals surface area contributed by atoms with Gasteiger partial charge in [0.25, 0.3) is 0 Å². The van der Waals surface area contributed by atoms with Crippen molar-refractivity contribution >= 4 is 10.0 Å². The molecule has 1 N–H and O–H groups in total. The summed E-state index contributed by atoms with van der Waals surface area (Å²) in [4.78, 5) is 0. The van der Waals surface area contributed by atoms with Crippen LogP contribution >= 0.6 is 0 Å². The van der Waals surface area contributed by atoms with Crippen LogP contribution in [-0.2, 0) is 15.8 Å². The van der Waals surface area contributed by atoms with E-state index >= 15 is 0 Å². The highest BCUT2D eigenvalue weighted by atomic mass is 32.2. The fourth-order valence-electron chi connectivity index (χ4n) is 2.34. The third kappa shape index (κ3) is 5.17. The highest BCUT2D eigenvalue weighted by molar-refractivity contribution is 7.88. The second kappa shape index (κ2) is 6.87. The van der Waals surface area contributed by atoms with E-state index in [9.17, 15) is 8.42 Å². The van der Waals surface area contributed by atoms with Crippen molar-refractivity contribution in [2.45, 2.75) is 37.9 Å². The predicted molar refractivity (Wildman–Crippen MR) is 78.2 cm³/mol. The third-order valence-corrected chi connectivity index (χ3v) is 4.71. The maximum atomic E-state index is 11.9. The van der Waals surface area contributed by atoms with E-state index in [0.29, 0.717) is 6.54 Å². The van der Waals surface area contributed by atoms with Crippen molar-refractivity contribution < 1.29 is 8.42 Å². The molecule has 2 rings (SSSR count). The van der Waals surface area contributed by atoms with E-state index in [1.165, 1.54) is 18.4 Å². The summed E-state index contributed by atoms with van der Waals surface area (Å²) in [5, 5.41) is 0. The SMILES string of the molecule is O=S(=O)(Cc1ccccc1)NCCC1=CCCCC1. The Hall–Kier alpha value is -1.13. The first-order valence-electron chi connectivity index (χ1n) is 6.85. The first kappa shape index (κ1) is 14.3. The lowest BCUT2D eigenvalue weighted by atomic mass is 9.97. The summed E-state index contributed by atoms with van der Waals surface area (Å²) in [6, 6.07) is 9.28. The predicted octanol–water partition coefficient (Wildman–Crippen LogP) is 3.00. The molecule has 104 valence electrons. The van der Waals surface area contributed by atoms with Gasteiger partial charge in [-0.3, -0.25) is 0 Å². The maximum Gasteiger partial charge on any atom is 0.215 e. The van der Waals surface area contributed by atoms with Gasteiger partial charge in [-0.15, -0.1) is 0 Å². The Morgan fingerprint density at radius 2 is 1.89 bits per heavy atom. The standard InChI is InChI=1S/C15H21NO2S/c17-19(18,13-15-9-5-2-6-10-15)16-12-11-14-7-3-1-4-8-14/h2,5-7,9-10,16H,1,3-4,8,11-13H2. The van der Waals surface area contributed by atoms with E-state index in [2.05, 4.69) is 10.8 Å². The number of benzene rings is 1. The Morgan fingerprint density at radius 3 is 2.58 bits per heavy atom. The summed E-state index contributed by atoms with van der Waals surface area (Å²) in [6.45, 7) is 0.515. The van der Waals surface area contributed by atoms with Gasteiger partial charge in [0.05, 0.1) is 5.75 Å². The van der Waals surface area contributed by atoms with Crippen molar-refractivity contribution in [2.24, 2.45) is 0 Å². The smallest absolute Gasteiger partial charge is 0.215 e. The second-order valence-electron chi connectivity index (χ2n) is 5.00. The monoisotopic (exact) mass is 279 g/mol. The summed E-state index contributed by atoms with van der Waals surface area (Å²) < 4.78 is 26.5. The Balaban J connectivity index is 1.79. The molecule has 0 saturated carbocycles. The molecule has 0 unspecified atom stereocenters. The van der Waals surface area contributed by atoms with Crippen LogP contribution in [0.5, 0.6) is 0 Å². The minimum atomic E-state index is -3.21. The highest BCUT2D eigenvalue weighted by Crippen LogP contribution is 2.19. The zero-order valence-corrected chi connectivity index (χ0v) is 12.0. The second-order valence-corrected chi connectivity index (χ2v) is 6.80. The van der Waals surface area contributed by atoms with Crippen LogP contribution in [0.25, 0.3) is 0 Å². The van der Waals surface area contributed by atoms with Gasteiger partial charge in [-0.25, -0.2) is 13.1 Å². The van der Waals surface area contributed by atoms with Crippen LogP contribution in [-0.4, -0.2) is 15.0 Å². The molecule has 0 bridgehead atoms. The van der Waals surface area contributed by atoms with Gasteiger partial charge in [0.15, 0.2) is 0 Å². The molecular weight excluding hydrogens is 258 g/mol. The van der Waals surface area contributed by atoms with Crippen LogP contribution in [0.1, 0.15) is 37.7 Å². The fourth-order valence-corrected chi connectivity index (χ4v) is 3.49. The van der Waals surface area contributed by atoms with Gasteiger partial charge in [-0.1, -0.05) is 42.0 Å². The Labute approximate surface area is 115 Å². The van der Waals surface area contributed by atoms with Gasteiger partial charge in [0.1, 0.15) is 0 Å². The quantitative estimate of drug-likeness (QED) is 0.814. The molecule has 0 aliphatic heterocycles. The van der Waals surface area contributed by atoms with Crippen molar-refractivity contribution in [1.29, 1.82) is 0 Å². The minimum absolute atomic E-state index is 0.0624. The molecule has 1 aromatic rings. The number of sulfonamides is 1. The molecule has 1 aliphatic carbocycles. The lowest BCUT2D eigenvalue weighted by Crippen LogP contribution is -2.26. The van der Waals surface area contributed by atoms with Gasteiger partial charge < -0.3 is 0 Å². The molecule has 0 radical (unpaired) electrons. The van der Waals surface area contributed by atoms with Crippen LogP contribution in [0.3, 0.4) is 0 Å². The minimum Gasteiger partial charge on any atom is -0.215 e. The average molecular weight is 279 g/mol. The van der Waals surface area contributed by atoms with E-state index in [0.717, 1.165) is 24.8 Å². The fraction of sp³-hybridized carbons (Fsp3) is 0.467. The van der Waals surface area contributed by atoms with Crippen LogP contribution in [0, 0.1) is 0 Å². The van der Waals surface area contributed by atoms with E-state index in [1.807, 2.05) is 30.3 Å². The summed E-state index contributed by atoms with van der Waals surface area (Å²) >= 11 is 0. The van der Waals surface area contributed by atoms with Gasteiger partial charge in [-0.05, 0) is 37.7 Å². The summed E-state index contributed by atoms with van der Waals surface area (Å²) in [5.74, 6) is 0.0624. The number of rotatable bonds is 6. The molecule has 4 heteroatoms. The van der Waals surface area contributed by atoms with Gasteiger partial charge >= 0.3 is 0 Å². The summed E-state index contributed by atoms with van der Waals surface area (Å²) in [7, 11) is -3.21. The van der Waals surface area contributed by atoms with E-state index in [4.69, 9.17) is 0 Å². The lowest BCUT2D eigenvalue weighted by molar-refractivity contribution is 0.578. The van der Waals surface area contributed by atoms with E-state index in [-0.39, 0.29) is 5.75 Å². The largest absolute Gasteiger partial charge is 0.215 e. The van der Waals surface area contributed by atoms with Crippen molar-refractivity contribution in [3.05, 3.63) is 47.5 Å². The van der Waals surface area contributed by atoms with Crippen molar-refractivity contribution in [3.63, 3.8) is 0 Å². The Morgan fingerprint density at radius 1 is 1.11 bits per heavy atom. The number of nitrogens with one attached hydrogen (secondary N) is 1. The Bertz CT molecular complexity index is 520. The Kier molecular flexibility index (Phi) is 5.16. The topological polar surface area (TPSA) is 46.2 Å². The molecule has 0 saturated heterocycles. The molecule has 0 fully saturated rings. The van der Waals surface area contributed by atoms with E-state index in [1.54, 1.807) is 0 Å². The van der Waals surface area contributed by atoms with Crippen molar-refractivity contribution in [2.75, 3.05) is 6.54 Å². The molecule has 1 aromatic carbocycles. The molecule has 19 heavy (non-hydrogen) atoms. The van der Waals surface area contributed by atoms with Crippen LogP contribution in [0.2, 0.25) is 0 Å². The number of hydrogen-bond donors (Lipinski definition) is 1. The first-order chi connectivity index (χ1) is 9.16. The zero-order valence-electron chi connectivity index (χ0n) is 11.1. The molecule has 0 amide bonds. The normalized spacial score (nSPS) is 16.1. The molecule has 0 atom stereocenters. The molecular formula is C15H21NO2S. The maximum absolute atomic E-state index is 11.9. The third-order valence-electron chi connectivity index (χ3n) is 3.35. The van der Waals surface area contributed by atoms with Gasteiger partial charge in [0.2, 0.25) is 10.0 Å². The van der Waals surface area contributed by atoms with E-state index < -0.39 is 10.0 Å². The van der Waals surface area contributed by atoms with Crippen LogP contribution < -0.4 is 4.72 Å². The van der Waals surface area contributed by atoms with Crippen LogP contribution in [0.15, 0.2) is 42.0 Å². The van der Waals surface area contributed by atoms with Crippen molar-refractivity contribution in [3.8, 4) is 0 Å². The summed E-state index contributed by atoms with van der Waals surface area (Å²) in [6.07, 6.45) is 7.88. The number of hydrogen-bond acceptors (Lipinski definition) is 2. The van der Waals surface area contributed by atoms with Gasteiger partial charge in [0, 0.05) is 6.54 Å². The molecule has 0 spiro atoms. The van der Waals surface area contributed by atoms with Crippen LogP contribution in [0.4, 0.5) is 0 Å². The average Bonchev–Trinajstić information content (AvgIpc) is 2.40. The molecule has 3 nitrogen and oxygen atoms in total. The highest BCUT2D eigenvalue weighted by Gasteiger charge is 2.11. The zero-order chi connectivity index (χ0) is 13.6.